The summed E-state index contributed by atoms with van der Waals surface area (Å²) in [6.45, 7) is 4.11. The van der Waals surface area contributed by atoms with E-state index in [9.17, 15) is 4.79 Å². The Morgan fingerprint density at radius 1 is 1.10 bits per heavy atom. The van der Waals surface area contributed by atoms with E-state index < -0.39 is 0 Å². The molecule has 0 aromatic heterocycles. The van der Waals surface area contributed by atoms with Crippen LogP contribution >= 0.6 is 0 Å². The van der Waals surface area contributed by atoms with Crippen LogP contribution in [0.2, 0.25) is 0 Å². The molecule has 4 nitrogen and oxygen atoms in total. The van der Waals surface area contributed by atoms with E-state index in [2.05, 4.69) is 25.1 Å². The van der Waals surface area contributed by atoms with Gasteiger partial charge in [-0.05, 0) is 24.6 Å². The van der Waals surface area contributed by atoms with Crippen LogP contribution in [0.3, 0.4) is 0 Å². The second-order valence-electron chi connectivity index (χ2n) is 5.40. The lowest BCUT2D eigenvalue weighted by atomic mass is 10.1. The van der Waals surface area contributed by atoms with Crippen LogP contribution in [0.1, 0.15) is 11.1 Å². The number of hydrogen-bond donors (Lipinski definition) is 1. The molecule has 0 spiro atoms. The SMILES string of the molecule is Cc1cccc(CN2CCN(c3ccccc3N)C2=O)c1. The van der Waals surface area contributed by atoms with Crippen LogP contribution in [0.5, 0.6) is 0 Å². The number of aryl methyl sites for hydroxylation is 1. The lowest BCUT2D eigenvalue weighted by Gasteiger charge is -2.20. The number of para-hydroxylation sites is 2. The molecule has 2 N–H and O–H groups in total. The quantitative estimate of drug-likeness (QED) is 0.879. The van der Waals surface area contributed by atoms with Crippen LogP contribution in [-0.4, -0.2) is 24.0 Å². The zero-order chi connectivity index (χ0) is 14.8. The number of hydrogen-bond acceptors (Lipinski definition) is 2. The molecule has 0 unspecified atom stereocenters. The molecule has 0 saturated carbocycles. The summed E-state index contributed by atoms with van der Waals surface area (Å²) >= 11 is 0. The molecule has 1 heterocycles. The van der Waals surface area contributed by atoms with Gasteiger partial charge in [0.05, 0.1) is 11.4 Å². The first-order valence-electron chi connectivity index (χ1n) is 7.11. The normalized spacial score (nSPS) is 14.8. The van der Waals surface area contributed by atoms with Crippen molar-refractivity contribution in [3.8, 4) is 0 Å². The molecule has 108 valence electrons. The highest BCUT2D eigenvalue weighted by Crippen LogP contribution is 2.26. The van der Waals surface area contributed by atoms with E-state index in [4.69, 9.17) is 5.73 Å². The number of benzene rings is 2. The summed E-state index contributed by atoms with van der Waals surface area (Å²) in [6, 6.07) is 15.8. The van der Waals surface area contributed by atoms with E-state index in [0.29, 0.717) is 18.8 Å². The van der Waals surface area contributed by atoms with Crippen molar-refractivity contribution in [1.29, 1.82) is 0 Å². The van der Waals surface area contributed by atoms with Crippen LogP contribution in [0.15, 0.2) is 48.5 Å². The number of carbonyl (C=O) groups is 1. The topological polar surface area (TPSA) is 49.6 Å². The first-order valence-corrected chi connectivity index (χ1v) is 7.11. The lowest BCUT2D eigenvalue weighted by molar-refractivity contribution is 0.219. The Hall–Kier alpha value is -2.49. The molecular weight excluding hydrogens is 262 g/mol. The fraction of sp³-hybridized carbons (Fsp3) is 0.235. The van der Waals surface area contributed by atoms with Crippen molar-refractivity contribution in [3.63, 3.8) is 0 Å². The second-order valence-corrected chi connectivity index (χ2v) is 5.40. The van der Waals surface area contributed by atoms with Crippen molar-refractivity contribution in [1.82, 2.24) is 4.90 Å². The van der Waals surface area contributed by atoms with Gasteiger partial charge in [-0.1, -0.05) is 42.0 Å². The molecule has 1 saturated heterocycles. The van der Waals surface area contributed by atoms with Crippen molar-refractivity contribution in [3.05, 3.63) is 59.7 Å². The monoisotopic (exact) mass is 281 g/mol. The summed E-state index contributed by atoms with van der Waals surface area (Å²) in [7, 11) is 0. The van der Waals surface area contributed by atoms with Gasteiger partial charge in [0, 0.05) is 19.6 Å². The number of nitrogen functional groups attached to an aromatic ring is 1. The van der Waals surface area contributed by atoms with Gasteiger partial charge in [-0.25, -0.2) is 4.79 Å². The highest BCUT2D eigenvalue weighted by Gasteiger charge is 2.30. The van der Waals surface area contributed by atoms with E-state index in [1.807, 2.05) is 35.2 Å². The highest BCUT2D eigenvalue weighted by molar-refractivity contribution is 5.97. The Kier molecular flexibility index (Phi) is 3.52. The molecule has 1 aliphatic rings. The average Bonchev–Trinajstić information content (AvgIpc) is 2.81. The van der Waals surface area contributed by atoms with Gasteiger partial charge in [0.25, 0.3) is 0 Å². The van der Waals surface area contributed by atoms with Crippen LogP contribution in [0, 0.1) is 6.92 Å². The van der Waals surface area contributed by atoms with E-state index in [0.717, 1.165) is 17.8 Å². The Morgan fingerprint density at radius 3 is 2.67 bits per heavy atom. The number of nitrogens with two attached hydrogens (primary N) is 1. The molecule has 0 bridgehead atoms. The van der Waals surface area contributed by atoms with Gasteiger partial charge in [0.2, 0.25) is 0 Å². The molecule has 1 aliphatic heterocycles. The summed E-state index contributed by atoms with van der Waals surface area (Å²) in [4.78, 5) is 16.2. The molecule has 2 amide bonds. The van der Waals surface area contributed by atoms with Gasteiger partial charge >= 0.3 is 6.03 Å². The molecule has 2 aromatic rings. The van der Waals surface area contributed by atoms with Gasteiger partial charge in [-0.2, -0.15) is 0 Å². The number of anilines is 2. The Balaban J connectivity index is 1.76. The van der Waals surface area contributed by atoms with E-state index in [1.54, 1.807) is 4.90 Å². The lowest BCUT2D eigenvalue weighted by Crippen LogP contribution is -2.31. The maximum absolute atomic E-state index is 12.5. The van der Waals surface area contributed by atoms with E-state index in [1.165, 1.54) is 5.56 Å². The smallest absolute Gasteiger partial charge is 0.324 e. The number of rotatable bonds is 3. The standard InChI is InChI=1S/C17H19N3O/c1-13-5-4-6-14(11-13)12-19-9-10-20(17(19)21)16-8-3-2-7-15(16)18/h2-8,11H,9-10,12,18H2,1H3. The summed E-state index contributed by atoms with van der Waals surface area (Å²) in [5, 5.41) is 0. The van der Waals surface area contributed by atoms with Crippen LogP contribution in [0.4, 0.5) is 16.2 Å². The number of urea groups is 1. The number of carbonyl (C=O) groups excluding carboxylic acids is 1. The highest BCUT2D eigenvalue weighted by atomic mass is 16.2. The van der Waals surface area contributed by atoms with Gasteiger partial charge in [-0.15, -0.1) is 0 Å². The third-order valence-corrected chi connectivity index (χ3v) is 3.78. The van der Waals surface area contributed by atoms with Crippen molar-refractivity contribution >= 4 is 17.4 Å². The second kappa shape index (κ2) is 5.48. The molecule has 2 aromatic carbocycles. The summed E-state index contributed by atoms with van der Waals surface area (Å²) < 4.78 is 0. The zero-order valence-corrected chi connectivity index (χ0v) is 12.1. The Bertz CT molecular complexity index is 669. The first-order chi connectivity index (χ1) is 10.1. The predicted molar refractivity (Wildman–Crippen MR) is 85.2 cm³/mol. The largest absolute Gasteiger partial charge is 0.397 e. The maximum Gasteiger partial charge on any atom is 0.324 e. The minimum Gasteiger partial charge on any atom is -0.397 e. The summed E-state index contributed by atoms with van der Waals surface area (Å²) in [6.07, 6.45) is 0. The Labute approximate surface area is 124 Å². The molecule has 0 atom stereocenters. The Morgan fingerprint density at radius 2 is 1.90 bits per heavy atom. The van der Waals surface area contributed by atoms with Crippen molar-refractivity contribution in [2.75, 3.05) is 23.7 Å². The molecule has 0 radical (unpaired) electrons. The third kappa shape index (κ3) is 2.70. The van der Waals surface area contributed by atoms with Gasteiger partial charge in [-0.3, -0.25) is 4.90 Å². The summed E-state index contributed by atoms with van der Waals surface area (Å²) in [5.74, 6) is 0. The minimum absolute atomic E-state index is 0.0226. The predicted octanol–water partition coefficient (Wildman–Crippen LogP) is 3.02. The van der Waals surface area contributed by atoms with Crippen LogP contribution in [0.25, 0.3) is 0 Å². The van der Waals surface area contributed by atoms with Gasteiger partial charge in [0.15, 0.2) is 0 Å². The van der Waals surface area contributed by atoms with Gasteiger partial charge in [0.1, 0.15) is 0 Å². The van der Waals surface area contributed by atoms with E-state index >= 15 is 0 Å². The van der Waals surface area contributed by atoms with Crippen LogP contribution in [-0.2, 0) is 6.54 Å². The zero-order valence-electron chi connectivity index (χ0n) is 12.1. The molecule has 3 rings (SSSR count). The first kappa shape index (κ1) is 13.5. The maximum atomic E-state index is 12.5. The average molecular weight is 281 g/mol. The number of nitrogens with zero attached hydrogens (tertiary/aromatic N) is 2. The van der Waals surface area contributed by atoms with E-state index in [-0.39, 0.29) is 6.03 Å². The molecular formula is C17H19N3O. The minimum atomic E-state index is 0.0226. The molecule has 0 aliphatic carbocycles. The fourth-order valence-electron chi connectivity index (χ4n) is 2.72. The fourth-order valence-corrected chi connectivity index (χ4v) is 2.72. The van der Waals surface area contributed by atoms with Crippen molar-refractivity contribution in [2.24, 2.45) is 0 Å². The molecule has 1 fully saturated rings. The van der Waals surface area contributed by atoms with Gasteiger partial charge < -0.3 is 10.6 Å². The summed E-state index contributed by atoms with van der Waals surface area (Å²) in [5.41, 5.74) is 9.78. The van der Waals surface area contributed by atoms with Crippen molar-refractivity contribution in [2.45, 2.75) is 13.5 Å². The van der Waals surface area contributed by atoms with Crippen LogP contribution < -0.4 is 10.6 Å². The number of amides is 2. The molecule has 4 heteroatoms. The van der Waals surface area contributed by atoms with Crippen molar-refractivity contribution < 1.29 is 4.79 Å². The molecule has 21 heavy (non-hydrogen) atoms. The third-order valence-electron chi connectivity index (χ3n) is 3.78.